The number of thiophene rings is 1. The number of ether oxygens (including phenoxy) is 1. The van der Waals surface area contributed by atoms with E-state index in [4.69, 9.17) is 4.74 Å². The molecule has 1 saturated heterocycles. The number of ketones is 1. The van der Waals surface area contributed by atoms with Gasteiger partial charge in [-0.3, -0.25) is 9.59 Å². The second-order valence-electron chi connectivity index (χ2n) is 9.05. The smallest absolute Gasteiger partial charge is 0.295 e. The number of hydrogen-bond donors (Lipinski definition) is 1. The summed E-state index contributed by atoms with van der Waals surface area (Å²) in [5, 5.41) is 13.2. The van der Waals surface area contributed by atoms with Gasteiger partial charge in [-0.15, -0.1) is 11.3 Å². The van der Waals surface area contributed by atoms with Crippen LogP contribution in [0.5, 0.6) is 5.75 Å². The molecule has 1 amide bonds. The van der Waals surface area contributed by atoms with E-state index in [0.29, 0.717) is 12.2 Å². The van der Waals surface area contributed by atoms with Crippen molar-refractivity contribution < 1.29 is 19.4 Å². The molecule has 2 aromatic rings. The first-order chi connectivity index (χ1) is 16.0. The van der Waals surface area contributed by atoms with Crippen molar-refractivity contribution >= 4 is 28.8 Å². The van der Waals surface area contributed by atoms with Crippen molar-refractivity contribution in [3.8, 4) is 5.75 Å². The van der Waals surface area contributed by atoms with Crippen LogP contribution in [0.3, 0.4) is 0 Å². The lowest BCUT2D eigenvalue weighted by Crippen LogP contribution is -2.40. The average Bonchev–Trinajstić information content (AvgIpc) is 3.37. The number of aryl methyl sites for hydroxylation is 1. The quantitative estimate of drug-likeness (QED) is 0.212. The highest BCUT2D eigenvalue weighted by atomic mass is 32.1. The predicted octanol–water partition coefficient (Wildman–Crippen LogP) is 6.38. The molecule has 1 aliphatic carbocycles. The number of likely N-dealkylation sites (tertiary alicyclic amines) is 1. The number of amides is 1. The Morgan fingerprint density at radius 3 is 2.45 bits per heavy atom. The molecular formula is C27H33NO4S. The van der Waals surface area contributed by atoms with Gasteiger partial charge < -0.3 is 14.7 Å². The highest BCUT2D eigenvalue weighted by Gasteiger charge is 2.49. The van der Waals surface area contributed by atoms with E-state index in [1.54, 1.807) is 17.0 Å². The molecule has 1 unspecified atom stereocenters. The second-order valence-corrected chi connectivity index (χ2v) is 9.99. The lowest BCUT2D eigenvalue weighted by atomic mass is 9.92. The van der Waals surface area contributed by atoms with E-state index in [2.05, 4.69) is 6.92 Å². The summed E-state index contributed by atoms with van der Waals surface area (Å²) in [4.78, 5) is 29.2. The maximum absolute atomic E-state index is 13.2. The van der Waals surface area contributed by atoms with Gasteiger partial charge in [0.25, 0.3) is 11.7 Å². The van der Waals surface area contributed by atoms with Crippen LogP contribution in [0.2, 0.25) is 0 Å². The molecule has 1 aliphatic heterocycles. The third kappa shape index (κ3) is 4.86. The number of nitrogens with zero attached hydrogens (tertiary/aromatic N) is 1. The molecule has 1 aromatic carbocycles. The Hall–Kier alpha value is -2.60. The van der Waals surface area contributed by atoms with Gasteiger partial charge in [0.05, 0.1) is 12.2 Å². The Labute approximate surface area is 200 Å². The molecule has 176 valence electrons. The van der Waals surface area contributed by atoms with E-state index in [9.17, 15) is 14.7 Å². The van der Waals surface area contributed by atoms with Gasteiger partial charge in [0, 0.05) is 16.5 Å². The van der Waals surface area contributed by atoms with Crippen molar-refractivity contribution in [3.63, 3.8) is 0 Å². The lowest BCUT2D eigenvalue weighted by molar-refractivity contribution is -0.141. The summed E-state index contributed by atoms with van der Waals surface area (Å²) in [6, 6.07) is 8.65. The van der Waals surface area contributed by atoms with Crippen LogP contribution in [-0.2, 0) is 9.59 Å². The fraction of sp³-hybridized carbons (Fsp3) is 0.481. The molecule has 1 atom stereocenters. The summed E-state index contributed by atoms with van der Waals surface area (Å²) in [5.41, 5.74) is 1.76. The zero-order valence-electron chi connectivity index (χ0n) is 19.5. The van der Waals surface area contributed by atoms with Crippen molar-refractivity contribution in [2.75, 3.05) is 6.61 Å². The number of carbonyl (C=O) groups is 2. The van der Waals surface area contributed by atoms with E-state index in [0.717, 1.165) is 67.6 Å². The fourth-order valence-corrected chi connectivity index (χ4v) is 5.95. The molecule has 1 saturated carbocycles. The number of aliphatic hydroxyl groups excluding tert-OH is 1. The SMILES string of the molecule is CCCCCOc1ccc(/C(O)=C2/C(=O)C(=O)N(C3CCCCC3)C2c2sccc2C)cc1. The van der Waals surface area contributed by atoms with Gasteiger partial charge in [-0.1, -0.05) is 39.0 Å². The molecule has 0 spiro atoms. The van der Waals surface area contributed by atoms with Gasteiger partial charge in [-0.2, -0.15) is 0 Å². The monoisotopic (exact) mass is 467 g/mol. The Morgan fingerprint density at radius 1 is 1.09 bits per heavy atom. The second kappa shape index (κ2) is 10.6. The summed E-state index contributed by atoms with van der Waals surface area (Å²) >= 11 is 1.54. The van der Waals surface area contributed by atoms with Crippen LogP contribution >= 0.6 is 11.3 Å². The molecule has 6 heteroatoms. The Bertz CT molecular complexity index is 1020. The maximum Gasteiger partial charge on any atom is 0.295 e. The van der Waals surface area contributed by atoms with Crippen LogP contribution in [0.1, 0.15) is 80.3 Å². The summed E-state index contributed by atoms with van der Waals surface area (Å²) in [6.45, 7) is 4.81. The van der Waals surface area contributed by atoms with E-state index >= 15 is 0 Å². The minimum atomic E-state index is -0.587. The normalized spacial score (nSPS) is 21.0. The molecule has 1 N–H and O–H groups in total. The van der Waals surface area contributed by atoms with Gasteiger partial charge in [0.1, 0.15) is 17.6 Å². The molecule has 33 heavy (non-hydrogen) atoms. The van der Waals surface area contributed by atoms with Crippen molar-refractivity contribution in [1.82, 2.24) is 4.90 Å². The molecule has 4 rings (SSSR count). The molecule has 0 radical (unpaired) electrons. The number of unbranched alkanes of at least 4 members (excludes halogenated alkanes) is 2. The molecule has 5 nitrogen and oxygen atoms in total. The van der Waals surface area contributed by atoms with Crippen LogP contribution in [0, 0.1) is 6.92 Å². The van der Waals surface area contributed by atoms with Crippen molar-refractivity contribution in [2.45, 2.75) is 77.3 Å². The van der Waals surface area contributed by atoms with E-state index in [1.807, 2.05) is 30.5 Å². The van der Waals surface area contributed by atoms with Crippen molar-refractivity contribution in [2.24, 2.45) is 0 Å². The van der Waals surface area contributed by atoms with Crippen LogP contribution in [0.4, 0.5) is 0 Å². The van der Waals surface area contributed by atoms with E-state index in [1.165, 1.54) is 11.3 Å². The van der Waals surface area contributed by atoms with Gasteiger partial charge in [-0.25, -0.2) is 0 Å². The number of carbonyl (C=O) groups excluding carboxylic acids is 2. The molecule has 0 bridgehead atoms. The molecule has 2 fully saturated rings. The lowest BCUT2D eigenvalue weighted by Gasteiger charge is -2.35. The number of benzene rings is 1. The van der Waals surface area contributed by atoms with Gasteiger partial charge in [0.2, 0.25) is 0 Å². The Kier molecular flexibility index (Phi) is 7.53. The number of rotatable bonds is 8. The summed E-state index contributed by atoms with van der Waals surface area (Å²) < 4.78 is 5.77. The first-order valence-corrected chi connectivity index (χ1v) is 13.0. The van der Waals surface area contributed by atoms with Crippen molar-refractivity contribution in [3.05, 3.63) is 57.3 Å². The van der Waals surface area contributed by atoms with Gasteiger partial charge in [0.15, 0.2) is 0 Å². The highest BCUT2D eigenvalue weighted by molar-refractivity contribution is 7.10. The van der Waals surface area contributed by atoms with E-state index < -0.39 is 17.7 Å². The van der Waals surface area contributed by atoms with Crippen molar-refractivity contribution in [1.29, 1.82) is 0 Å². The van der Waals surface area contributed by atoms with Gasteiger partial charge in [-0.05, 0) is 67.5 Å². The number of hydrogen-bond acceptors (Lipinski definition) is 5. The first-order valence-electron chi connectivity index (χ1n) is 12.1. The maximum atomic E-state index is 13.2. The number of Topliss-reactive ketones (excluding diaryl/α,β-unsaturated/α-hetero) is 1. The largest absolute Gasteiger partial charge is 0.507 e. The van der Waals surface area contributed by atoms with Crippen LogP contribution < -0.4 is 4.74 Å². The average molecular weight is 468 g/mol. The molecule has 2 heterocycles. The standard InChI is InChI=1S/C27H33NO4S/c1-3-4-8-16-32-21-13-11-19(12-14-21)24(29)22-23(26-18(2)15-17-33-26)28(27(31)25(22)30)20-9-6-5-7-10-20/h11-15,17,20,23,29H,3-10,16H2,1-2H3/b24-22-. The molecular weight excluding hydrogens is 434 g/mol. The summed E-state index contributed by atoms with van der Waals surface area (Å²) in [5.74, 6) is -0.453. The summed E-state index contributed by atoms with van der Waals surface area (Å²) in [7, 11) is 0. The van der Waals surface area contributed by atoms with Gasteiger partial charge >= 0.3 is 0 Å². The van der Waals surface area contributed by atoms with E-state index in [-0.39, 0.29) is 17.4 Å². The van der Waals surface area contributed by atoms with Crippen LogP contribution in [-0.4, -0.2) is 34.3 Å². The molecule has 1 aromatic heterocycles. The fourth-order valence-electron chi connectivity index (χ4n) is 4.91. The Morgan fingerprint density at radius 2 is 1.82 bits per heavy atom. The Balaban J connectivity index is 1.68. The number of aliphatic hydroxyl groups is 1. The minimum absolute atomic E-state index is 0.0332. The molecule has 2 aliphatic rings. The van der Waals surface area contributed by atoms with Crippen LogP contribution in [0.15, 0.2) is 41.3 Å². The predicted molar refractivity (Wildman–Crippen MR) is 132 cm³/mol. The highest BCUT2D eigenvalue weighted by Crippen LogP contribution is 2.45. The first kappa shape index (κ1) is 23.6. The topological polar surface area (TPSA) is 66.8 Å². The zero-order valence-corrected chi connectivity index (χ0v) is 20.3. The summed E-state index contributed by atoms with van der Waals surface area (Å²) in [6.07, 6.45) is 8.35. The zero-order chi connectivity index (χ0) is 23.4. The minimum Gasteiger partial charge on any atom is -0.507 e. The van der Waals surface area contributed by atoms with Crippen LogP contribution in [0.25, 0.3) is 5.76 Å². The third-order valence-corrected chi connectivity index (χ3v) is 7.81. The third-order valence-electron chi connectivity index (χ3n) is 6.74.